The first-order valence-corrected chi connectivity index (χ1v) is 5.10. The first-order valence-electron chi connectivity index (χ1n) is 4.22. The lowest BCUT2D eigenvalue weighted by molar-refractivity contribution is 1.81. The van der Waals surface area contributed by atoms with Crippen molar-refractivity contribution in [3.63, 3.8) is 0 Å². The second-order valence-electron chi connectivity index (χ2n) is 3.09. The third kappa shape index (κ3) is 0.973. The van der Waals surface area contributed by atoms with E-state index in [-0.39, 0.29) is 0 Å². The molecule has 1 aromatic heterocycles. The average molecular weight is 183 g/mol. The van der Waals surface area contributed by atoms with Gasteiger partial charge in [0.1, 0.15) is 0 Å². The van der Waals surface area contributed by atoms with Crippen molar-refractivity contribution in [1.82, 2.24) is 0 Å². The van der Waals surface area contributed by atoms with Gasteiger partial charge < -0.3 is 0 Å². The maximum absolute atomic E-state index is 3.30. The molecule has 61 valence electrons. The minimum atomic E-state index is 1.25. The molecule has 0 saturated carbocycles. The van der Waals surface area contributed by atoms with Gasteiger partial charge in [-0.15, -0.1) is 11.3 Å². The molecule has 0 amide bonds. The van der Waals surface area contributed by atoms with E-state index in [2.05, 4.69) is 47.2 Å². The summed E-state index contributed by atoms with van der Waals surface area (Å²) in [7, 11) is 0. The van der Waals surface area contributed by atoms with Crippen molar-refractivity contribution < 1.29 is 0 Å². The average Bonchev–Trinajstić information content (AvgIpc) is 2.65. The van der Waals surface area contributed by atoms with E-state index in [9.17, 15) is 0 Å². The van der Waals surface area contributed by atoms with Gasteiger partial charge in [0.2, 0.25) is 0 Å². The summed E-state index contributed by atoms with van der Waals surface area (Å²) >= 11 is 1.64. The Morgan fingerprint density at radius 2 is 1.77 bits per heavy atom. The molecule has 0 aliphatic carbocycles. The highest BCUT2D eigenvalue weighted by atomic mass is 32.1. The van der Waals surface area contributed by atoms with E-state index in [1.54, 1.807) is 11.3 Å². The number of hydrogen-bond acceptors (Lipinski definition) is 1. The van der Waals surface area contributed by atoms with Crippen molar-refractivity contribution in [2.75, 3.05) is 0 Å². The summed E-state index contributed by atoms with van der Waals surface area (Å²) in [6.45, 7) is 0. The van der Waals surface area contributed by atoms with Crippen molar-refractivity contribution in [1.29, 1.82) is 0 Å². The molecule has 0 bridgehead atoms. The Bertz CT molecular complexity index is 563. The smallest absolute Gasteiger partial charge is 0.0533 e. The minimum Gasteiger partial charge on any atom is -0.142 e. The van der Waals surface area contributed by atoms with Gasteiger partial charge in [0, 0.05) is 5.39 Å². The van der Waals surface area contributed by atoms with Crippen LogP contribution in [0.2, 0.25) is 0 Å². The zero-order chi connectivity index (χ0) is 8.67. The highest BCUT2D eigenvalue weighted by molar-refractivity contribution is 7.09. The van der Waals surface area contributed by atoms with Gasteiger partial charge in [-0.3, -0.25) is 0 Å². The third-order valence-corrected chi connectivity index (χ3v) is 3.00. The summed E-state index contributed by atoms with van der Waals surface area (Å²) < 4.78 is 0. The predicted octanol–water partition coefficient (Wildman–Crippen LogP) is 3.85. The molecule has 0 spiro atoms. The normalized spacial score (nSPS) is 11.1. The minimum absolute atomic E-state index is 1.25. The fraction of sp³-hybridized carbons (Fsp3) is 0. The molecule has 1 heterocycles. The molecule has 0 N–H and O–H groups in total. The Morgan fingerprint density at radius 1 is 0.923 bits per heavy atom. The quantitative estimate of drug-likeness (QED) is 0.496. The van der Waals surface area contributed by atoms with E-state index in [0.29, 0.717) is 0 Å². The van der Waals surface area contributed by atoms with Gasteiger partial charge in [-0.05, 0) is 21.5 Å². The van der Waals surface area contributed by atoms with Crippen LogP contribution in [-0.4, -0.2) is 0 Å². The van der Waals surface area contributed by atoms with Crippen LogP contribution in [0.4, 0.5) is 0 Å². The van der Waals surface area contributed by atoms with Gasteiger partial charge in [-0.1, -0.05) is 36.4 Å². The van der Waals surface area contributed by atoms with Crippen LogP contribution in [0.3, 0.4) is 0 Å². The van der Waals surface area contributed by atoms with E-state index in [1.807, 2.05) is 0 Å². The molecule has 0 aliphatic heterocycles. The SMILES string of the molecule is [c]1scc2ccc3ccccc3c12. The van der Waals surface area contributed by atoms with E-state index in [0.717, 1.165) is 0 Å². The van der Waals surface area contributed by atoms with Gasteiger partial charge in [-0.25, -0.2) is 0 Å². The van der Waals surface area contributed by atoms with Crippen LogP contribution in [-0.2, 0) is 0 Å². The number of benzene rings is 2. The molecule has 13 heavy (non-hydrogen) atoms. The molecular formula is C12H7S. The summed E-state index contributed by atoms with van der Waals surface area (Å²) in [6, 6.07) is 12.8. The largest absolute Gasteiger partial charge is 0.142 e. The molecule has 3 aromatic rings. The van der Waals surface area contributed by atoms with Gasteiger partial charge in [-0.2, -0.15) is 0 Å². The summed E-state index contributed by atoms with van der Waals surface area (Å²) in [5.41, 5.74) is 0. The first-order chi connectivity index (χ1) is 6.45. The van der Waals surface area contributed by atoms with E-state index in [1.165, 1.54) is 21.5 Å². The second-order valence-corrected chi connectivity index (χ2v) is 3.76. The van der Waals surface area contributed by atoms with Crippen molar-refractivity contribution in [3.05, 3.63) is 47.2 Å². The molecule has 1 radical (unpaired) electrons. The molecule has 0 atom stereocenters. The third-order valence-electron chi connectivity index (χ3n) is 2.31. The zero-order valence-electron chi connectivity index (χ0n) is 6.95. The van der Waals surface area contributed by atoms with Crippen LogP contribution in [0.15, 0.2) is 41.8 Å². The summed E-state index contributed by atoms with van der Waals surface area (Å²) in [6.07, 6.45) is 0. The van der Waals surface area contributed by atoms with Crippen molar-refractivity contribution in [3.8, 4) is 0 Å². The van der Waals surface area contributed by atoms with E-state index < -0.39 is 0 Å². The molecule has 0 fully saturated rings. The van der Waals surface area contributed by atoms with Crippen LogP contribution < -0.4 is 0 Å². The van der Waals surface area contributed by atoms with E-state index in [4.69, 9.17) is 0 Å². The molecule has 2 aromatic carbocycles. The molecule has 0 unspecified atom stereocenters. The van der Waals surface area contributed by atoms with Gasteiger partial charge in [0.25, 0.3) is 0 Å². The summed E-state index contributed by atoms with van der Waals surface area (Å²) in [5.74, 6) is 0. The van der Waals surface area contributed by atoms with Crippen molar-refractivity contribution in [2.45, 2.75) is 0 Å². The fourth-order valence-corrected chi connectivity index (χ4v) is 2.38. The van der Waals surface area contributed by atoms with Crippen LogP contribution in [0.25, 0.3) is 21.5 Å². The van der Waals surface area contributed by atoms with Crippen LogP contribution in [0.5, 0.6) is 0 Å². The van der Waals surface area contributed by atoms with Gasteiger partial charge in [0.15, 0.2) is 0 Å². The summed E-state index contributed by atoms with van der Waals surface area (Å²) in [5, 5.41) is 10.6. The topological polar surface area (TPSA) is 0 Å². The van der Waals surface area contributed by atoms with Crippen LogP contribution >= 0.6 is 11.3 Å². The Labute approximate surface area is 80.4 Å². The van der Waals surface area contributed by atoms with E-state index >= 15 is 0 Å². The van der Waals surface area contributed by atoms with Crippen LogP contribution in [0.1, 0.15) is 0 Å². The van der Waals surface area contributed by atoms with Crippen molar-refractivity contribution in [2.24, 2.45) is 0 Å². The molecule has 0 saturated heterocycles. The Hall–Kier alpha value is -1.34. The maximum Gasteiger partial charge on any atom is 0.0533 e. The molecule has 0 aliphatic rings. The predicted molar refractivity (Wildman–Crippen MR) is 58.2 cm³/mol. The number of rotatable bonds is 0. The lowest BCUT2D eigenvalue weighted by Gasteiger charge is -1.97. The Balaban J connectivity index is 2.65. The fourth-order valence-electron chi connectivity index (χ4n) is 1.65. The lowest BCUT2D eigenvalue weighted by Crippen LogP contribution is -1.71. The second kappa shape index (κ2) is 2.57. The molecule has 3 rings (SSSR count). The highest BCUT2D eigenvalue weighted by Gasteiger charge is 1.99. The molecular weight excluding hydrogens is 176 g/mol. The maximum atomic E-state index is 3.30. The molecule has 0 nitrogen and oxygen atoms in total. The number of hydrogen-bond donors (Lipinski definition) is 0. The number of fused-ring (bicyclic) bond motifs is 3. The standard InChI is InChI=1S/C12H7S/c1-2-4-11-9(3-1)5-6-10-7-13-8-12(10)11/h1-7H. The monoisotopic (exact) mass is 183 g/mol. The van der Waals surface area contributed by atoms with Gasteiger partial charge in [0.05, 0.1) is 5.38 Å². The number of thiophene rings is 1. The Morgan fingerprint density at radius 3 is 2.77 bits per heavy atom. The van der Waals surface area contributed by atoms with Crippen LogP contribution in [0, 0.1) is 5.38 Å². The lowest BCUT2D eigenvalue weighted by atomic mass is 10.1. The highest BCUT2D eigenvalue weighted by Crippen LogP contribution is 2.27. The Kier molecular flexibility index (Phi) is 1.41. The van der Waals surface area contributed by atoms with Crippen molar-refractivity contribution >= 4 is 32.9 Å². The zero-order valence-corrected chi connectivity index (χ0v) is 7.77. The first kappa shape index (κ1) is 7.10. The molecule has 1 heteroatoms. The van der Waals surface area contributed by atoms with Gasteiger partial charge >= 0.3 is 0 Å². The summed E-state index contributed by atoms with van der Waals surface area (Å²) in [4.78, 5) is 0.